The molecule has 154 valence electrons. The van der Waals surface area contributed by atoms with Gasteiger partial charge in [-0.05, 0) is 32.9 Å². The lowest BCUT2D eigenvalue weighted by molar-refractivity contribution is -0.137. The summed E-state index contributed by atoms with van der Waals surface area (Å²) in [5.74, 6) is 0.441. The third kappa shape index (κ3) is 4.00. The Kier molecular flexibility index (Phi) is 5.56. The van der Waals surface area contributed by atoms with Gasteiger partial charge in [-0.25, -0.2) is 4.98 Å². The average molecular weight is 415 g/mol. The predicted molar refractivity (Wildman–Crippen MR) is 112 cm³/mol. The predicted octanol–water partition coefficient (Wildman–Crippen LogP) is 2.30. The largest absolute Gasteiger partial charge is 0.479 e. The van der Waals surface area contributed by atoms with E-state index in [4.69, 9.17) is 4.74 Å². The minimum Gasteiger partial charge on any atom is -0.479 e. The Balaban J connectivity index is 1.41. The third-order valence-corrected chi connectivity index (χ3v) is 6.32. The van der Waals surface area contributed by atoms with E-state index >= 15 is 0 Å². The van der Waals surface area contributed by atoms with Crippen molar-refractivity contribution in [1.29, 1.82) is 0 Å². The van der Waals surface area contributed by atoms with E-state index in [-0.39, 0.29) is 11.8 Å². The molecule has 3 heterocycles. The van der Waals surface area contributed by atoms with Crippen molar-refractivity contribution in [2.24, 2.45) is 0 Å². The standard InChI is InChI=1S/C21H26N4O3S/c1-14(25-18-6-4-5-7-19(18)28-15(2)21(25)27)20(26)24-10-8-23(9-11-24)12-17-13-29-16(3)22-17/h4-7,13-15H,8-12H2,1-3H3/t14-,15-/m0/s1. The molecule has 0 saturated carbocycles. The summed E-state index contributed by atoms with van der Waals surface area (Å²) in [5, 5.41) is 3.17. The van der Waals surface area contributed by atoms with E-state index in [0.717, 1.165) is 30.3 Å². The molecule has 0 bridgehead atoms. The zero-order chi connectivity index (χ0) is 20.5. The Morgan fingerprint density at radius 2 is 2.00 bits per heavy atom. The number of nitrogens with zero attached hydrogens (tertiary/aromatic N) is 4. The van der Waals surface area contributed by atoms with Gasteiger partial charge in [-0.1, -0.05) is 12.1 Å². The molecule has 1 fully saturated rings. The fourth-order valence-corrected chi connectivity index (χ4v) is 4.53. The van der Waals surface area contributed by atoms with Gasteiger partial charge in [-0.2, -0.15) is 0 Å². The molecular formula is C21H26N4O3S. The van der Waals surface area contributed by atoms with Gasteiger partial charge in [0.1, 0.15) is 11.8 Å². The number of rotatable bonds is 4. The number of benzene rings is 1. The number of carbonyl (C=O) groups is 2. The molecule has 0 aliphatic carbocycles. The fourth-order valence-electron chi connectivity index (χ4n) is 3.92. The van der Waals surface area contributed by atoms with Gasteiger partial charge < -0.3 is 9.64 Å². The lowest BCUT2D eigenvalue weighted by atomic mass is 10.1. The highest BCUT2D eigenvalue weighted by molar-refractivity contribution is 7.09. The maximum Gasteiger partial charge on any atom is 0.268 e. The van der Waals surface area contributed by atoms with Crippen LogP contribution in [0.1, 0.15) is 24.5 Å². The van der Waals surface area contributed by atoms with Crippen LogP contribution in [0.2, 0.25) is 0 Å². The van der Waals surface area contributed by atoms with Crippen LogP contribution in [0.5, 0.6) is 5.75 Å². The van der Waals surface area contributed by atoms with Crippen LogP contribution >= 0.6 is 11.3 Å². The number of fused-ring (bicyclic) bond motifs is 1. The van der Waals surface area contributed by atoms with Gasteiger partial charge in [0, 0.05) is 38.1 Å². The second kappa shape index (κ2) is 8.12. The summed E-state index contributed by atoms with van der Waals surface area (Å²) in [4.78, 5) is 36.3. The van der Waals surface area contributed by atoms with Gasteiger partial charge >= 0.3 is 0 Å². The Morgan fingerprint density at radius 1 is 1.28 bits per heavy atom. The van der Waals surface area contributed by atoms with Crippen molar-refractivity contribution in [2.45, 2.75) is 39.5 Å². The molecule has 1 saturated heterocycles. The number of aromatic nitrogens is 1. The smallest absolute Gasteiger partial charge is 0.268 e. The summed E-state index contributed by atoms with van der Waals surface area (Å²) >= 11 is 1.66. The van der Waals surface area contributed by atoms with Crippen LogP contribution in [0, 0.1) is 6.92 Å². The molecular weight excluding hydrogens is 388 g/mol. The van der Waals surface area contributed by atoms with Gasteiger partial charge in [0.25, 0.3) is 5.91 Å². The first-order chi connectivity index (χ1) is 13.9. The molecule has 29 heavy (non-hydrogen) atoms. The molecule has 0 radical (unpaired) electrons. The molecule has 2 aliphatic heterocycles. The lowest BCUT2D eigenvalue weighted by Gasteiger charge is -2.40. The third-order valence-electron chi connectivity index (χ3n) is 5.49. The zero-order valence-corrected chi connectivity index (χ0v) is 17.8. The number of piperazine rings is 1. The van der Waals surface area contributed by atoms with Crippen LogP contribution in [0.4, 0.5) is 5.69 Å². The molecule has 0 spiro atoms. The Morgan fingerprint density at radius 3 is 2.69 bits per heavy atom. The first kappa shape index (κ1) is 19.8. The summed E-state index contributed by atoms with van der Waals surface area (Å²) < 4.78 is 5.69. The number of para-hydroxylation sites is 2. The van der Waals surface area contributed by atoms with E-state index in [1.165, 1.54) is 0 Å². The van der Waals surface area contributed by atoms with E-state index < -0.39 is 12.1 Å². The monoisotopic (exact) mass is 414 g/mol. The summed E-state index contributed by atoms with van der Waals surface area (Å²) in [6.07, 6.45) is -0.599. The highest BCUT2D eigenvalue weighted by atomic mass is 32.1. The number of hydrogen-bond acceptors (Lipinski definition) is 6. The lowest BCUT2D eigenvalue weighted by Crippen LogP contribution is -2.57. The normalized spacial score (nSPS) is 20.9. The Labute approximate surface area is 174 Å². The van der Waals surface area contributed by atoms with Crippen LogP contribution < -0.4 is 9.64 Å². The number of aryl methyl sites for hydroxylation is 1. The first-order valence-electron chi connectivity index (χ1n) is 9.95. The fraction of sp³-hybridized carbons (Fsp3) is 0.476. The molecule has 2 amide bonds. The van der Waals surface area contributed by atoms with Crippen molar-refractivity contribution >= 4 is 28.8 Å². The molecule has 2 aliphatic rings. The number of ether oxygens (including phenoxy) is 1. The molecule has 0 N–H and O–H groups in total. The topological polar surface area (TPSA) is 66.0 Å². The van der Waals surface area contributed by atoms with E-state index in [2.05, 4.69) is 15.3 Å². The second-order valence-corrected chi connectivity index (χ2v) is 8.63. The maximum atomic E-state index is 13.2. The molecule has 2 aromatic rings. The second-order valence-electron chi connectivity index (χ2n) is 7.57. The van der Waals surface area contributed by atoms with Crippen LogP contribution in [0.25, 0.3) is 0 Å². The molecule has 1 aromatic heterocycles. The quantitative estimate of drug-likeness (QED) is 0.768. The number of hydrogen-bond donors (Lipinski definition) is 0. The molecule has 7 nitrogen and oxygen atoms in total. The van der Waals surface area contributed by atoms with Crippen molar-refractivity contribution in [2.75, 3.05) is 31.1 Å². The molecule has 1 aromatic carbocycles. The highest BCUT2D eigenvalue weighted by Crippen LogP contribution is 2.35. The SMILES string of the molecule is Cc1nc(CN2CCN(C(=O)[C@H](C)N3C(=O)[C@H](C)Oc4ccccc43)CC2)cs1. The number of anilines is 1. The molecule has 0 unspecified atom stereocenters. The van der Waals surface area contributed by atoms with Gasteiger partial charge in [0.2, 0.25) is 5.91 Å². The minimum absolute atomic E-state index is 0.0218. The maximum absolute atomic E-state index is 13.2. The summed E-state index contributed by atoms with van der Waals surface area (Å²) in [6, 6.07) is 6.82. The number of thiazole rings is 1. The summed E-state index contributed by atoms with van der Waals surface area (Å²) in [6.45, 7) is 9.27. The van der Waals surface area contributed by atoms with Gasteiger partial charge in [-0.15, -0.1) is 11.3 Å². The van der Waals surface area contributed by atoms with E-state index in [9.17, 15) is 9.59 Å². The van der Waals surface area contributed by atoms with Crippen LogP contribution in [-0.4, -0.2) is 64.9 Å². The van der Waals surface area contributed by atoms with Crippen LogP contribution in [0.3, 0.4) is 0 Å². The molecule has 2 atom stereocenters. The Hall–Kier alpha value is -2.45. The van der Waals surface area contributed by atoms with Crippen LogP contribution in [0.15, 0.2) is 29.6 Å². The zero-order valence-electron chi connectivity index (χ0n) is 17.0. The highest BCUT2D eigenvalue weighted by Gasteiger charge is 2.38. The Bertz CT molecular complexity index is 907. The average Bonchev–Trinajstić information content (AvgIpc) is 3.13. The van der Waals surface area contributed by atoms with Crippen molar-refractivity contribution < 1.29 is 14.3 Å². The van der Waals surface area contributed by atoms with Gasteiger partial charge in [0.05, 0.1) is 16.4 Å². The van der Waals surface area contributed by atoms with E-state index in [1.807, 2.05) is 36.1 Å². The molecule has 4 rings (SSSR count). The van der Waals surface area contributed by atoms with E-state index in [0.29, 0.717) is 24.5 Å². The van der Waals surface area contributed by atoms with E-state index in [1.54, 1.807) is 30.1 Å². The van der Waals surface area contributed by atoms with Crippen molar-refractivity contribution in [3.63, 3.8) is 0 Å². The summed E-state index contributed by atoms with van der Waals surface area (Å²) in [7, 11) is 0. The van der Waals surface area contributed by atoms with Crippen molar-refractivity contribution in [3.05, 3.63) is 40.3 Å². The van der Waals surface area contributed by atoms with Crippen molar-refractivity contribution in [1.82, 2.24) is 14.8 Å². The number of amides is 2. The number of carbonyl (C=O) groups excluding carboxylic acids is 2. The summed E-state index contributed by atoms with van der Waals surface area (Å²) in [5.41, 5.74) is 1.75. The van der Waals surface area contributed by atoms with Gasteiger partial charge in [0.15, 0.2) is 6.10 Å². The molecule has 8 heteroatoms. The minimum atomic E-state index is -0.599. The van der Waals surface area contributed by atoms with Crippen LogP contribution in [-0.2, 0) is 16.1 Å². The van der Waals surface area contributed by atoms with Gasteiger partial charge in [-0.3, -0.25) is 19.4 Å². The first-order valence-corrected chi connectivity index (χ1v) is 10.8. The van der Waals surface area contributed by atoms with Crippen molar-refractivity contribution in [3.8, 4) is 5.75 Å².